The molecule has 0 spiro atoms. The predicted molar refractivity (Wildman–Crippen MR) is 45.5 cm³/mol. The molecule has 0 aromatic heterocycles. The van der Waals surface area contributed by atoms with E-state index in [-0.39, 0.29) is 11.7 Å². The molecule has 5 nitrogen and oxygen atoms in total. The summed E-state index contributed by atoms with van der Waals surface area (Å²) < 4.78 is 41.7. The van der Waals surface area contributed by atoms with Gasteiger partial charge in [-0.15, -0.1) is 0 Å². The van der Waals surface area contributed by atoms with Crippen LogP contribution in [0, 0.1) is 5.92 Å². The van der Waals surface area contributed by atoms with Gasteiger partial charge < -0.3 is 4.55 Å². The Morgan fingerprint density at radius 1 is 1.58 bits per heavy atom. The van der Waals surface area contributed by atoms with E-state index in [4.69, 9.17) is 4.55 Å². The van der Waals surface area contributed by atoms with Crippen LogP contribution in [0.5, 0.6) is 0 Å². The van der Waals surface area contributed by atoms with Crippen LogP contribution in [0.25, 0.3) is 0 Å². The normalized spacial score (nSPS) is 23.5. The Hall–Kier alpha value is 0.0200. The lowest BCUT2D eigenvalue weighted by Crippen LogP contribution is -2.51. The standard InChI is InChI=1S/C5H11NO4S2/c1-12(9,10)6-2-5(3-6)4-11(7)8/h5H,2-4H2,1H3,(H,7,8). The first-order valence-electron chi connectivity index (χ1n) is 3.42. The van der Waals surface area contributed by atoms with Crippen molar-refractivity contribution in [3.63, 3.8) is 0 Å². The smallest absolute Gasteiger partial charge is 0.211 e. The lowest BCUT2D eigenvalue weighted by molar-refractivity contribution is 0.221. The van der Waals surface area contributed by atoms with Gasteiger partial charge in [-0.25, -0.2) is 16.9 Å². The van der Waals surface area contributed by atoms with Gasteiger partial charge in [0.25, 0.3) is 0 Å². The highest BCUT2D eigenvalue weighted by atomic mass is 32.2. The van der Waals surface area contributed by atoms with Crippen LogP contribution < -0.4 is 0 Å². The molecule has 1 heterocycles. The van der Waals surface area contributed by atoms with Gasteiger partial charge in [-0.2, -0.15) is 0 Å². The van der Waals surface area contributed by atoms with Crippen molar-refractivity contribution in [3.8, 4) is 0 Å². The van der Waals surface area contributed by atoms with E-state index in [0.29, 0.717) is 13.1 Å². The van der Waals surface area contributed by atoms with Crippen molar-refractivity contribution in [2.24, 2.45) is 5.92 Å². The highest BCUT2D eigenvalue weighted by Crippen LogP contribution is 2.18. The average molecular weight is 213 g/mol. The van der Waals surface area contributed by atoms with Crippen LogP contribution in [0.15, 0.2) is 0 Å². The zero-order valence-corrected chi connectivity index (χ0v) is 8.27. The first-order valence-corrected chi connectivity index (χ1v) is 6.54. The Labute approximate surface area is 74.1 Å². The first kappa shape index (κ1) is 10.1. The minimum Gasteiger partial charge on any atom is -0.306 e. The summed E-state index contributed by atoms with van der Waals surface area (Å²) in [6.07, 6.45) is 1.14. The van der Waals surface area contributed by atoms with Gasteiger partial charge in [-0.1, -0.05) is 0 Å². The largest absolute Gasteiger partial charge is 0.306 e. The molecule has 72 valence electrons. The monoisotopic (exact) mass is 213 g/mol. The van der Waals surface area contributed by atoms with Gasteiger partial charge in [-0.05, 0) is 0 Å². The second kappa shape index (κ2) is 3.41. The van der Waals surface area contributed by atoms with Crippen LogP contribution in [0.3, 0.4) is 0 Å². The van der Waals surface area contributed by atoms with E-state index in [1.807, 2.05) is 0 Å². The van der Waals surface area contributed by atoms with Crippen molar-refractivity contribution < 1.29 is 17.2 Å². The van der Waals surface area contributed by atoms with E-state index in [1.54, 1.807) is 0 Å². The van der Waals surface area contributed by atoms with Gasteiger partial charge in [0.15, 0.2) is 11.1 Å². The fraction of sp³-hybridized carbons (Fsp3) is 1.00. The van der Waals surface area contributed by atoms with Crippen LogP contribution >= 0.6 is 0 Å². The molecule has 1 aliphatic heterocycles. The second-order valence-corrected chi connectivity index (χ2v) is 5.89. The molecule has 1 N–H and O–H groups in total. The quantitative estimate of drug-likeness (QED) is 0.616. The number of hydrogen-bond acceptors (Lipinski definition) is 3. The van der Waals surface area contributed by atoms with E-state index < -0.39 is 21.1 Å². The number of nitrogens with zero attached hydrogens (tertiary/aromatic N) is 1. The maximum absolute atomic E-state index is 10.8. The summed E-state index contributed by atoms with van der Waals surface area (Å²) in [5, 5.41) is 0. The van der Waals surface area contributed by atoms with Crippen LogP contribution in [0.2, 0.25) is 0 Å². The lowest BCUT2D eigenvalue weighted by Gasteiger charge is -2.36. The Balaban J connectivity index is 2.34. The summed E-state index contributed by atoms with van der Waals surface area (Å²) in [5.41, 5.74) is 0. The molecule has 0 aromatic rings. The molecule has 0 amide bonds. The van der Waals surface area contributed by atoms with Gasteiger partial charge in [0.2, 0.25) is 10.0 Å². The molecule has 7 heteroatoms. The number of sulfonamides is 1. The zero-order valence-electron chi connectivity index (χ0n) is 6.63. The molecule has 1 fully saturated rings. The molecule has 12 heavy (non-hydrogen) atoms. The molecule has 0 saturated carbocycles. The Morgan fingerprint density at radius 2 is 2.08 bits per heavy atom. The molecule has 1 saturated heterocycles. The summed E-state index contributed by atoms with van der Waals surface area (Å²) >= 11 is -1.81. The van der Waals surface area contributed by atoms with E-state index in [9.17, 15) is 12.6 Å². The zero-order chi connectivity index (χ0) is 9.35. The highest BCUT2D eigenvalue weighted by molar-refractivity contribution is 7.88. The molecule has 0 bridgehead atoms. The minimum absolute atomic E-state index is 0.0468. The summed E-state index contributed by atoms with van der Waals surface area (Å²) in [7, 11) is -3.08. The van der Waals surface area contributed by atoms with Gasteiger partial charge in [0.1, 0.15) is 0 Å². The Kier molecular flexibility index (Phi) is 2.87. The SMILES string of the molecule is CS(=O)(=O)N1CC(CS(=O)O)C1. The van der Waals surface area contributed by atoms with E-state index in [0.717, 1.165) is 6.26 Å². The first-order chi connectivity index (χ1) is 5.39. The van der Waals surface area contributed by atoms with Crippen LogP contribution in [-0.2, 0) is 21.1 Å². The van der Waals surface area contributed by atoms with Gasteiger partial charge in [0, 0.05) is 19.0 Å². The fourth-order valence-electron chi connectivity index (χ4n) is 1.10. The summed E-state index contributed by atoms with van der Waals surface area (Å²) in [6, 6.07) is 0. The third kappa shape index (κ3) is 2.51. The maximum atomic E-state index is 10.8. The maximum Gasteiger partial charge on any atom is 0.211 e. The molecule has 0 radical (unpaired) electrons. The van der Waals surface area contributed by atoms with Crippen molar-refractivity contribution in [2.45, 2.75) is 0 Å². The Morgan fingerprint density at radius 3 is 2.42 bits per heavy atom. The van der Waals surface area contributed by atoms with E-state index in [2.05, 4.69) is 0 Å². The second-order valence-electron chi connectivity index (χ2n) is 2.93. The summed E-state index contributed by atoms with van der Waals surface area (Å²) in [5.74, 6) is 0.219. The molecule has 0 aliphatic carbocycles. The van der Waals surface area contributed by atoms with Crippen molar-refractivity contribution in [3.05, 3.63) is 0 Å². The van der Waals surface area contributed by atoms with Crippen molar-refractivity contribution in [2.75, 3.05) is 25.1 Å². The topological polar surface area (TPSA) is 74.7 Å². The number of hydrogen-bond donors (Lipinski definition) is 1. The van der Waals surface area contributed by atoms with Crippen LogP contribution in [-0.4, -0.2) is 46.6 Å². The van der Waals surface area contributed by atoms with Gasteiger partial charge in [-0.3, -0.25) is 0 Å². The molecular formula is C5H11NO4S2. The average Bonchev–Trinajstić information content (AvgIpc) is 1.73. The van der Waals surface area contributed by atoms with Crippen LogP contribution in [0.1, 0.15) is 0 Å². The van der Waals surface area contributed by atoms with Crippen molar-refractivity contribution in [1.29, 1.82) is 0 Å². The molecule has 0 aromatic carbocycles. The molecule has 1 atom stereocenters. The summed E-state index contributed by atoms with van der Waals surface area (Å²) in [6.45, 7) is 0.760. The lowest BCUT2D eigenvalue weighted by atomic mass is 10.1. The third-order valence-corrected chi connectivity index (χ3v) is 3.76. The molecule has 1 unspecified atom stereocenters. The predicted octanol–water partition coefficient (Wildman–Crippen LogP) is -0.900. The third-order valence-electron chi connectivity index (χ3n) is 1.77. The highest BCUT2D eigenvalue weighted by Gasteiger charge is 2.33. The van der Waals surface area contributed by atoms with Gasteiger partial charge in [0.05, 0.1) is 12.0 Å². The molecular weight excluding hydrogens is 202 g/mol. The summed E-state index contributed by atoms with van der Waals surface area (Å²) in [4.78, 5) is 0. The molecule has 1 aliphatic rings. The molecule has 1 rings (SSSR count). The fourth-order valence-corrected chi connectivity index (χ4v) is 2.68. The van der Waals surface area contributed by atoms with Crippen molar-refractivity contribution in [1.82, 2.24) is 4.31 Å². The minimum atomic E-state index is -3.08. The Bertz CT molecular complexity index is 280. The van der Waals surface area contributed by atoms with E-state index in [1.165, 1.54) is 4.31 Å². The van der Waals surface area contributed by atoms with Crippen molar-refractivity contribution >= 4 is 21.1 Å². The van der Waals surface area contributed by atoms with E-state index >= 15 is 0 Å². The van der Waals surface area contributed by atoms with Gasteiger partial charge >= 0.3 is 0 Å². The van der Waals surface area contributed by atoms with Crippen LogP contribution in [0.4, 0.5) is 0 Å². The number of rotatable bonds is 3.